The molecule has 4 nitrogen and oxygen atoms in total. The monoisotopic (exact) mass is 289 g/mol. The number of benzene rings is 3. The van der Waals surface area contributed by atoms with Crippen LogP contribution in [0.1, 0.15) is 20.7 Å². The van der Waals surface area contributed by atoms with Crippen molar-refractivity contribution in [3.05, 3.63) is 71.8 Å². The summed E-state index contributed by atoms with van der Waals surface area (Å²) in [6.07, 6.45) is 0. The number of carbonyl (C=O) groups excluding carboxylic acids is 1. The maximum atomic E-state index is 12.7. The predicted octanol–water partition coefficient (Wildman–Crippen LogP) is 3.83. The molecule has 1 heterocycles. The average Bonchev–Trinajstić information content (AvgIpc) is 2.83. The summed E-state index contributed by atoms with van der Waals surface area (Å²) in [4.78, 5) is 25.5. The van der Waals surface area contributed by atoms with Crippen molar-refractivity contribution in [3.63, 3.8) is 0 Å². The van der Waals surface area contributed by atoms with Gasteiger partial charge in [0.1, 0.15) is 0 Å². The first-order chi connectivity index (χ1) is 10.7. The second-order valence-electron chi connectivity index (χ2n) is 5.18. The van der Waals surface area contributed by atoms with Crippen molar-refractivity contribution >= 4 is 34.0 Å². The molecule has 0 atom stereocenters. The fourth-order valence-electron chi connectivity index (χ4n) is 2.95. The summed E-state index contributed by atoms with van der Waals surface area (Å²) in [6, 6.07) is 17.8. The molecule has 1 amide bonds. The molecule has 0 fully saturated rings. The maximum absolute atomic E-state index is 12.7. The number of aromatic carboxylic acids is 1. The van der Waals surface area contributed by atoms with E-state index < -0.39 is 5.97 Å². The van der Waals surface area contributed by atoms with E-state index >= 15 is 0 Å². The van der Waals surface area contributed by atoms with Crippen LogP contribution in [0.25, 0.3) is 10.8 Å². The Bertz CT molecular complexity index is 941. The molecule has 4 heteroatoms. The number of anilines is 2. The molecule has 0 aliphatic carbocycles. The standard InChI is InChI=1S/C18H11NO3/c20-17-14-8-2-4-11-5-3-9-15(16(11)14)19(17)13-7-1-6-12(10-13)18(21)22/h1-10H,(H,21,22). The summed E-state index contributed by atoms with van der Waals surface area (Å²) in [6.45, 7) is 0. The van der Waals surface area contributed by atoms with Gasteiger partial charge in [0.2, 0.25) is 0 Å². The molecule has 1 N–H and O–H groups in total. The molecule has 0 radical (unpaired) electrons. The van der Waals surface area contributed by atoms with Gasteiger partial charge in [0.25, 0.3) is 5.91 Å². The zero-order valence-electron chi connectivity index (χ0n) is 11.5. The summed E-state index contributed by atoms with van der Waals surface area (Å²) >= 11 is 0. The van der Waals surface area contributed by atoms with Crippen LogP contribution in [0.2, 0.25) is 0 Å². The quantitative estimate of drug-likeness (QED) is 0.780. The van der Waals surface area contributed by atoms with E-state index in [0.717, 1.165) is 16.5 Å². The van der Waals surface area contributed by atoms with E-state index in [2.05, 4.69) is 0 Å². The van der Waals surface area contributed by atoms with E-state index in [9.17, 15) is 9.59 Å². The van der Waals surface area contributed by atoms with E-state index in [1.54, 1.807) is 23.1 Å². The zero-order chi connectivity index (χ0) is 15.3. The van der Waals surface area contributed by atoms with Gasteiger partial charge in [-0.1, -0.05) is 30.3 Å². The van der Waals surface area contributed by atoms with Crippen molar-refractivity contribution in [2.24, 2.45) is 0 Å². The Morgan fingerprint density at radius 2 is 1.68 bits per heavy atom. The van der Waals surface area contributed by atoms with E-state index in [1.807, 2.05) is 30.3 Å². The van der Waals surface area contributed by atoms with Gasteiger partial charge in [0.05, 0.1) is 22.5 Å². The Morgan fingerprint density at radius 1 is 0.955 bits per heavy atom. The molecule has 0 spiro atoms. The van der Waals surface area contributed by atoms with Crippen LogP contribution in [0.3, 0.4) is 0 Å². The lowest BCUT2D eigenvalue weighted by molar-refractivity contribution is 0.0696. The van der Waals surface area contributed by atoms with Crippen LogP contribution < -0.4 is 4.90 Å². The lowest BCUT2D eigenvalue weighted by Crippen LogP contribution is -2.21. The number of hydrogen-bond acceptors (Lipinski definition) is 2. The SMILES string of the molecule is O=C(O)c1cccc(N2C(=O)c3cccc4cccc2c34)c1. The third-order valence-electron chi connectivity index (χ3n) is 3.91. The molecular weight excluding hydrogens is 278 g/mol. The highest BCUT2D eigenvalue weighted by atomic mass is 16.4. The molecule has 3 aromatic carbocycles. The van der Waals surface area contributed by atoms with Gasteiger partial charge in [-0.15, -0.1) is 0 Å². The Balaban J connectivity index is 1.96. The minimum absolute atomic E-state index is 0.130. The van der Waals surface area contributed by atoms with Crippen molar-refractivity contribution in [1.82, 2.24) is 0 Å². The molecule has 0 saturated carbocycles. The molecule has 106 valence electrons. The highest BCUT2D eigenvalue weighted by molar-refractivity contribution is 6.27. The maximum Gasteiger partial charge on any atom is 0.335 e. The van der Waals surface area contributed by atoms with Crippen LogP contribution in [0.4, 0.5) is 11.4 Å². The molecule has 1 aliphatic heterocycles. The number of amides is 1. The number of hydrogen-bond donors (Lipinski definition) is 1. The molecule has 0 unspecified atom stereocenters. The highest BCUT2D eigenvalue weighted by Crippen LogP contribution is 2.41. The van der Waals surface area contributed by atoms with Gasteiger partial charge in [0.15, 0.2) is 0 Å². The van der Waals surface area contributed by atoms with Crippen LogP contribution in [-0.2, 0) is 0 Å². The lowest BCUT2D eigenvalue weighted by atomic mass is 10.1. The van der Waals surface area contributed by atoms with Crippen molar-refractivity contribution in [3.8, 4) is 0 Å². The number of carboxylic acids is 1. The van der Waals surface area contributed by atoms with Crippen molar-refractivity contribution in [1.29, 1.82) is 0 Å². The summed E-state index contributed by atoms with van der Waals surface area (Å²) in [5.74, 6) is -1.14. The molecule has 0 aromatic heterocycles. The summed E-state index contributed by atoms with van der Waals surface area (Å²) < 4.78 is 0. The van der Waals surface area contributed by atoms with Crippen LogP contribution >= 0.6 is 0 Å². The minimum atomic E-state index is -1.01. The third-order valence-corrected chi connectivity index (χ3v) is 3.91. The Labute approximate surface area is 126 Å². The van der Waals surface area contributed by atoms with Crippen LogP contribution in [0.15, 0.2) is 60.7 Å². The van der Waals surface area contributed by atoms with Crippen molar-refractivity contribution in [2.45, 2.75) is 0 Å². The molecular formula is C18H11NO3. The molecule has 4 rings (SSSR count). The normalized spacial score (nSPS) is 12.9. The largest absolute Gasteiger partial charge is 0.478 e. The van der Waals surface area contributed by atoms with E-state index in [4.69, 9.17) is 5.11 Å². The minimum Gasteiger partial charge on any atom is -0.478 e. The number of carbonyl (C=O) groups is 2. The van der Waals surface area contributed by atoms with Gasteiger partial charge in [-0.3, -0.25) is 9.69 Å². The van der Waals surface area contributed by atoms with E-state index in [1.165, 1.54) is 12.1 Å². The van der Waals surface area contributed by atoms with Gasteiger partial charge in [-0.05, 0) is 35.7 Å². The smallest absolute Gasteiger partial charge is 0.335 e. The lowest BCUT2D eigenvalue weighted by Gasteiger charge is -2.18. The van der Waals surface area contributed by atoms with Gasteiger partial charge in [0, 0.05) is 5.39 Å². The Morgan fingerprint density at radius 3 is 2.45 bits per heavy atom. The van der Waals surface area contributed by atoms with Gasteiger partial charge in [-0.25, -0.2) is 4.79 Å². The van der Waals surface area contributed by atoms with Crippen LogP contribution in [0, 0.1) is 0 Å². The molecule has 1 aliphatic rings. The number of rotatable bonds is 2. The Hall–Kier alpha value is -3.14. The summed E-state index contributed by atoms with van der Waals surface area (Å²) in [5.41, 5.74) is 2.16. The van der Waals surface area contributed by atoms with Gasteiger partial charge >= 0.3 is 5.97 Å². The van der Waals surface area contributed by atoms with Crippen molar-refractivity contribution < 1.29 is 14.7 Å². The fourth-order valence-corrected chi connectivity index (χ4v) is 2.95. The van der Waals surface area contributed by atoms with Crippen LogP contribution in [0.5, 0.6) is 0 Å². The van der Waals surface area contributed by atoms with E-state index in [-0.39, 0.29) is 11.5 Å². The van der Waals surface area contributed by atoms with Gasteiger partial charge < -0.3 is 5.11 Å². The topological polar surface area (TPSA) is 57.6 Å². The Kier molecular flexibility index (Phi) is 2.53. The van der Waals surface area contributed by atoms with E-state index in [0.29, 0.717) is 11.3 Å². The molecule has 22 heavy (non-hydrogen) atoms. The third kappa shape index (κ3) is 1.64. The van der Waals surface area contributed by atoms with Crippen LogP contribution in [-0.4, -0.2) is 17.0 Å². The fraction of sp³-hybridized carbons (Fsp3) is 0. The number of carboxylic acid groups (broad SMARTS) is 1. The first kappa shape index (κ1) is 12.6. The highest BCUT2D eigenvalue weighted by Gasteiger charge is 2.30. The second kappa shape index (κ2) is 4.43. The predicted molar refractivity (Wildman–Crippen MR) is 83.8 cm³/mol. The summed E-state index contributed by atoms with van der Waals surface area (Å²) in [7, 11) is 0. The molecule has 3 aromatic rings. The average molecular weight is 289 g/mol. The van der Waals surface area contributed by atoms with Crippen molar-refractivity contribution in [2.75, 3.05) is 4.90 Å². The zero-order valence-corrected chi connectivity index (χ0v) is 11.5. The number of nitrogens with zero attached hydrogens (tertiary/aromatic N) is 1. The first-order valence-electron chi connectivity index (χ1n) is 6.86. The molecule has 0 bridgehead atoms. The summed E-state index contributed by atoms with van der Waals surface area (Å²) in [5, 5.41) is 11.1. The molecule has 0 saturated heterocycles. The van der Waals surface area contributed by atoms with Gasteiger partial charge in [-0.2, -0.15) is 0 Å². The first-order valence-corrected chi connectivity index (χ1v) is 6.86. The second-order valence-corrected chi connectivity index (χ2v) is 5.18.